The number of allylic oxidation sites excluding steroid dienone is 4. The molecule has 1 fully saturated rings. The van der Waals surface area contributed by atoms with Crippen LogP contribution in [0.2, 0.25) is 0 Å². The highest BCUT2D eigenvalue weighted by atomic mass is 16.7. The van der Waals surface area contributed by atoms with Crippen LogP contribution in [-0.2, 0) is 20.7 Å². The lowest BCUT2D eigenvalue weighted by atomic mass is 9.68. The number of furan rings is 1. The number of aliphatic hydroxyl groups excluding tert-OH is 3. The Morgan fingerprint density at radius 1 is 0.849 bits per heavy atom. The molecule has 14 nitrogen and oxygen atoms in total. The van der Waals surface area contributed by atoms with Gasteiger partial charge < -0.3 is 59.8 Å². The first kappa shape index (κ1) is 37.2. The molecule has 3 aromatic carbocycles. The number of fused-ring (bicyclic) bond motifs is 1. The Morgan fingerprint density at radius 2 is 1.55 bits per heavy atom. The van der Waals surface area contributed by atoms with Gasteiger partial charge in [0.05, 0.1) is 5.92 Å². The van der Waals surface area contributed by atoms with Crippen molar-refractivity contribution in [1.82, 2.24) is 0 Å². The number of phenolic OH excluding ortho intramolecular Hbond substituents is 4. The summed E-state index contributed by atoms with van der Waals surface area (Å²) >= 11 is 0. The Kier molecular flexibility index (Phi) is 10.2. The zero-order valence-electron chi connectivity index (χ0n) is 28.9. The van der Waals surface area contributed by atoms with Gasteiger partial charge in [0.25, 0.3) is 0 Å². The highest BCUT2D eigenvalue weighted by molar-refractivity contribution is 5.88. The lowest BCUT2D eigenvalue weighted by molar-refractivity contribution is -0.271. The number of carbonyl (C=O) groups is 2. The number of hydrogen-bond acceptors (Lipinski definition) is 12. The second kappa shape index (κ2) is 14.5. The summed E-state index contributed by atoms with van der Waals surface area (Å²) in [6, 6.07) is 11.5. The molecular weight excluding hydrogens is 692 g/mol. The molecule has 1 aliphatic heterocycles. The van der Waals surface area contributed by atoms with E-state index in [1.807, 2.05) is 19.9 Å². The standard InChI is InChI=1S/C39H40O14/c1-16(2)4-7-22-25(40)9-5-18-14-29(52-35(18)22)19-12-27(42)31(28(43)13-19)24-11-17(3)10-23(30(24)37(47)48)21-8-6-20(15-26(21)41)51-39-34(46)32(44)33(45)36(53-39)38(49)50/h4-6,8-9,11-15,23-24,30,32-34,36,39-46H,7,10H2,1-3H3,(H,47,48)(H,49,50). The van der Waals surface area contributed by atoms with Crippen LogP contribution in [0.3, 0.4) is 0 Å². The lowest BCUT2D eigenvalue weighted by Crippen LogP contribution is -2.61. The number of carboxylic acids is 2. The third kappa shape index (κ3) is 7.13. The van der Waals surface area contributed by atoms with Gasteiger partial charge in [0.2, 0.25) is 6.29 Å². The van der Waals surface area contributed by atoms with Gasteiger partial charge >= 0.3 is 11.9 Å². The van der Waals surface area contributed by atoms with Crippen LogP contribution < -0.4 is 4.74 Å². The van der Waals surface area contributed by atoms with Crippen LogP contribution in [0, 0.1) is 5.92 Å². The molecule has 0 saturated carbocycles. The van der Waals surface area contributed by atoms with Crippen molar-refractivity contribution in [3.63, 3.8) is 0 Å². The van der Waals surface area contributed by atoms with Crippen LogP contribution in [0.15, 0.2) is 76.2 Å². The van der Waals surface area contributed by atoms with Gasteiger partial charge in [0, 0.05) is 40.0 Å². The molecule has 0 amide bonds. The molecule has 6 rings (SSSR count). The van der Waals surface area contributed by atoms with Crippen LogP contribution in [0.4, 0.5) is 0 Å². The van der Waals surface area contributed by atoms with E-state index in [-0.39, 0.29) is 40.5 Å². The van der Waals surface area contributed by atoms with Crippen LogP contribution >= 0.6 is 0 Å². The average molecular weight is 733 g/mol. The molecule has 1 saturated heterocycles. The monoisotopic (exact) mass is 732 g/mol. The lowest BCUT2D eigenvalue weighted by Gasteiger charge is -2.38. The van der Waals surface area contributed by atoms with Gasteiger partial charge in [-0.3, -0.25) is 4.79 Å². The third-order valence-corrected chi connectivity index (χ3v) is 9.81. The summed E-state index contributed by atoms with van der Waals surface area (Å²) in [5.41, 5.74) is 3.25. The van der Waals surface area contributed by atoms with Gasteiger partial charge in [-0.25, -0.2) is 4.79 Å². The first-order chi connectivity index (χ1) is 25.0. The summed E-state index contributed by atoms with van der Waals surface area (Å²) in [5.74, 6) is -7.02. The summed E-state index contributed by atoms with van der Waals surface area (Å²) < 4.78 is 16.8. The van der Waals surface area contributed by atoms with Gasteiger partial charge in [0.15, 0.2) is 6.10 Å². The molecule has 8 unspecified atom stereocenters. The predicted molar refractivity (Wildman–Crippen MR) is 188 cm³/mol. The molecule has 1 aliphatic carbocycles. The molecule has 4 aromatic rings. The molecule has 0 bridgehead atoms. The maximum Gasteiger partial charge on any atom is 0.335 e. The topological polar surface area (TPSA) is 248 Å². The zero-order chi connectivity index (χ0) is 38.5. The fourth-order valence-corrected chi connectivity index (χ4v) is 7.19. The molecule has 9 N–H and O–H groups in total. The van der Waals surface area contributed by atoms with Crippen molar-refractivity contribution in [3.05, 3.63) is 88.5 Å². The van der Waals surface area contributed by atoms with Gasteiger partial charge in [0.1, 0.15) is 58.4 Å². The first-order valence-electron chi connectivity index (χ1n) is 16.8. The van der Waals surface area contributed by atoms with E-state index in [0.29, 0.717) is 39.9 Å². The highest BCUT2D eigenvalue weighted by Gasteiger charge is 2.48. The molecule has 0 spiro atoms. The Hall–Kier alpha value is -5.54. The highest BCUT2D eigenvalue weighted by Crippen LogP contribution is 2.52. The fourth-order valence-electron chi connectivity index (χ4n) is 7.19. The molecule has 53 heavy (non-hydrogen) atoms. The summed E-state index contributed by atoms with van der Waals surface area (Å²) in [7, 11) is 0. The number of aliphatic carboxylic acids is 2. The van der Waals surface area contributed by atoms with Gasteiger partial charge in [-0.15, -0.1) is 0 Å². The van der Waals surface area contributed by atoms with Crippen LogP contribution in [0.1, 0.15) is 55.7 Å². The van der Waals surface area contributed by atoms with E-state index in [2.05, 4.69) is 0 Å². The van der Waals surface area contributed by atoms with Crippen molar-refractivity contribution in [2.45, 2.75) is 76.2 Å². The van der Waals surface area contributed by atoms with E-state index in [1.165, 1.54) is 24.3 Å². The minimum Gasteiger partial charge on any atom is -0.508 e. The van der Waals surface area contributed by atoms with Crippen LogP contribution in [0.25, 0.3) is 22.3 Å². The van der Waals surface area contributed by atoms with Crippen molar-refractivity contribution < 1.29 is 69.4 Å². The molecule has 8 atom stereocenters. The second-order valence-corrected chi connectivity index (χ2v) is 13.8. The molecule has 14 heteroatoms. The number of aromatic hydroxyl groups is 4. The minimum absolute atomic E-state index is 0.0418. The Labute approximate surface area is 302 Å². The smallest absolute Gasteiger partial charge is 0.335 e. The summed E-state index contributed by atoms with van der Waals surface area (Å²) in [5, 5.41) is 95.3. The van der Waals surface area contributed by atoms with Gasteiger partial charge in [-0.1, -0.05) is 29.4 Å². The predicted octanol–water partition coefficient (Wildman–Crippen LogP) is 4.62. The van der Waals surface area contributed by atoms with Crippen LogP contribution in [-0.4, -0.2) is 88.6 Å². The number of rotatable bonds is 9. The van der Waals surface area contributed by atoms with Gasteiger partial charge in [-0.05, 0) is 75.6 Å². The molecular formula is C39H40O14. The van der Waals surface area contributed by atoms with Crippen LogP contribution in [0.5, 0.6) is 28.7 Å². The van der Waals surface area contributed by atoms with E-state index in [0.717, 1.165) is 11.6 Å². The summed E-state index contributed by atoms with van der Waals surface area (Å²) in [6.45, 7) is 5.63. The van der Waals surface area contributed by atoms with Crippen molar-refractivity contribution in [1.29, 1.82) is 0 Å². The number of benzene rings is 3. The summed E-state index contributed by atoms with van der Waals surface area (Å²) in [6.07, 6.45) is -5.11. The Bertz CT molecular complexity index is 2100. The van der Waals surface area contributed by atoms with E-state index < -0.39 is 66.1 Å². The number of phenols is 4. The number of carboxylic acid groups (broad SMARTS) is 2. The quantitative estimate of drug-likeness (QED) is 0.107. The Balaban J connectivity index is 1.30. The van der Waals surface area contributed by atoms with Crippen molar-refractivity contribution in [2.24, 2.45) is 5.92 Å². The average Bonchev–Trinajstić information content (AvgIpc) is 3.52. The van der Waals surface area contributed by atoms with E-state index in [4.69, 9.17) is 13.9 Å². The maximum absolute atomic E-state index is 12.9. The van der Waals surface area contributed by atoms with Crippen molar-refractivity contribution in [3.8, 4) is 40.1 Å². The first-order valence-corrected chi connectivity index (χ1v) is 16.8. The summed E-state index contributed by atoms with van der Waals surface area (Å²) in [4.78, 5) is 24.4. The molecule has 2 heterocycles. The zero-order valence-corrected chi connectivity index (χ0v) is 28.9. The van der Waals surface area contributed by atoms with E-state index >= 15 is 0 Å². The second-order valence-electron chi connectivity index (χ2n) is 13.8. The number of aliphatic hydroxyl groups is 3. The molecule has 280 valence electrons. The third-order valence-electron chi connectivity index (χ3n) is 9.81. The SMILES string of the molecule is CC(C)=CCc1c(O)ccc2cc(-c3cc(O)c(C4C=C(C)CC(c5ccc(OC6OC(C(=O)O)C(O)C(O)C6O)cc5O)C4C(=O)O)c(O)c3)oc12. The van der Waals surface area contributed by atoms with Crippen molar-refractivity contribution in [2.75, 3.05) is 0 Å². The fraction of sp³-hybridized carbons (Fsp3) is 0.333. The number of ether oxygens (including phenoxy) is 2. The van der Waals surface area contributed by atoms with E-state index in [9.17, 15) is 55.5 Å². The van der Waals surface area contributed by atoms with Gasteiger partial charge in [-0.2, -0.15) is 0 Å². The Morgan fingerprint density at radius 3 is 2.17 bits per heavy atom. The molecule has 1 aromatic heterocycles. The molecule has 2 aliphatic rings. The maximum atomic E-state index is 12.9. The largest absolute Gasteiger partial charge is 0.508 e. The molecule has 0 radical (unpaired) electrons. The minimum atomic E-state index is -1.93. The number of hydrogen-bond donors (Lipinski definition) is 9. The van der Waals surface area contributed by atoms with E-state index in [1.54, 1.807) is 31.2 Å². The normalized spacial score (nSPS) is 25.8. The van der Waals surface area contributed by atoms with Crippen molar-refractivity contribution >= 4 is 22.9 Å².